The van der Waals surface area contributed by atoms with Gasteiger partial charge in [0.1, 0.15) is 0 Å². The molecule has 2 N–H and O–H groups in total. The number of nitrogens with zero attached hydrogens (tertiary/aromatic N) is 2. The van der Waals surface area contributed by atoms with Crippen LogP contribution in [0.3, 0.4) is 0 Å². The molecule has 0 aliphatic carbocycles. The van der Waals surface area contributed by atoms with Crippen molar-refractivity contribution in [1.82, 2.24) is 9.78 Å². The molecule has 3 nitrogen and oxygen atoms in total. The Bertz CT molecular complexity index is 522. The summed E-state index contributed by atoms with van der Waals surface area (Å²) in [7, 11) is 0. The summed E-state index contributed by atoms with van der Waals surface area (Å²) in [6.45, 7) is 0.305. The highest BCUT2D eigenvalue weighted by molar-refractivity contribution is 5.85. The van der Waals surface area contributed by atoms with Gasteiger partial charge in [0.05, 0.1) is 17.4 Å². The topological polar surface area (TPSA) is 43.8 Å². The minimum Gasteiger partial charge on any atom is -0.326 e. The van der Waals surface area contributed by atoms with Crippen molar-refractivity contribution in [2.45, 2.75) is 12.7 Å². The highest BCUT2D eigenvalue weighted by Crippen LogP contribution is 2.30. The molecule has 0 aliphatic rings. The lowest BCUT2D eigenvalue weighted by Crippen LogP contribution is -2.06. The van der Waals surface area contributed by atoms with Crippen molar-refractivity contribution in [3.63, 3.8) is 0 Å². The molecule has 7 heteroatoms. The van der Waals surface area contributed by atoms with Gasteiger partial charge in [0.2, 0.25) is 0 Å². The summed E-state index contributed by atoms with van der Waals surface area (Å²) in [4.78, 5) is 0. The number of rotatable bonds is 2. The van der Waals surface area contributed by atoms with Crippen LogP contribution in [0.15, 0.2) is 36.7 Å². The molecule has 0 spiro atoms. The number of benzene rings is 1. The van der Waals surface area contributed by atoms with Gasteiger partial charge in [-0.3, -0.25) is 0 Å². The number of alkyl halides is 3. The van der Waals surface area contributed by atoms with E-state index in [1.807, 2.05) is 0 Å². The average molecular weight is 278 g/mol. The first-order valence-electron chi connectivity index (χ1n) is 4.92. The van der Waals surface area contributed by atoms with Crippen molar-refractivity contribution < 1.29 is 13.2 Å². The number of halogens is 4. The molecule has 98 valence electrons. The molecule has 0 atom stereocenters. The van der Waals surface area contributed by atoms with Gasteiger partial charge in [0, 0.05) is 18.3 Å². The van der Waals surface area contributed by atoms with Crippen LogP contribution in [0.1, 0.15) is 11.1 Å². The molecule has 1 heterocycles. The fraction of sp³-hybridized carbons (Fsp3) is 0.182. The van der Waals surface area contributed by atoms with Gasteiger partial charge in [-0.25, -0.2) is 4.68 Å². The normalized spacial score (nSPS) is 11.1. The number of hydrogen-bond donors (Lipinski definition) is 1. The third-order valence-electron chi connectivity index (χ3n) is 2.31. The molecule has 0 bridgehead atoms. The SMILES string of the molecule is Cl.NCc1cnn(-c2cccc(C(F)(F)F)c2)c1. The molecule has 2 rings (SSSR count). The van der Waals surface area contributed by atoms with E-state index < -0.39 is 11.7 Å². The van der Waals surface area contributed by atoms with Crippen LogP contribution < -0.4 is 5.73 Å². The Morgan fingerprint density at radius 1 is 1.28 bits per heavy atom. The number of aromatic nitrogens is 2. The first kappa shape index (κ1) is 14.5. The molecule has 0 amide bonds. The van der Waals surface area contributed by atoms with Gasteiger partial charge in [0.15, 0.2) is 0 Å². The maximum absolute atomic E-state index is 12.5. The standard InChI is InChI=1S/C11H10F3N3.ClH/c12-11(13,14)9-2-1-3-10(4-9)17-7-8(5-15)6-16-17;/h1-4,6-7H,5,15H2;1H. The third-order valence-corrected chi connectivity index (χ3v) is 2.31. The van der Waals surface area contributed by atoms with E-state index in [-0.39, 0.29) is 12.4 Å². The Morgan fingerprint density at radius 3 is 2.56 bits per heavy atom. The van der Waals surface area contributed by atoms with Crippen molar-refractivity contribution in [3.8, 4) is 5.69 Å². The fourth-order valence-corrected chi connectivity index (χ4v) is 1.43. The van der Waals surface area contributed by atoms with Crippen molar-refractivity contribution in [1.29, 1.82) is 0 Å². The molecular weight excluding hydrogens is 267 g/mol. The summed E-state index contributed by atoms with van der Waals surface area (Å²) in [6, 6.07) is 4.98. The Kier molecular flexibility index (Phi) is 4.37. The van der Waals surface area contributed by atoms with Crippen LogP contribution in [0.25, 0.3) is 5.69 Å². The summed E-state index contributed by atoms with van der Waals surface area (Å²) in [5.41, 5.74) is 5.84. The molecule has 0 saturated carbocycles. The minimum atomic E-state index is -4.35. The van der Waals surface area contributed by atoms with E-state index in [1.54, 1.807) is 12.3 Å². The second kappa shape index (κ2) is 5.41. The predicted octanol–water partition coefficient (Wildman–Crippen LogP) is 2.77. The lowest BCUT2D eigenvalue weighted by molar-refractivity contribution is -0.137. The first-order valence-corrected chi connectivity index (χ1v) is 4.92. The third kappa shape index (κ3) is 3.02. The van der Waals surface area contributed by atoms with E-state index >= 15 is 0 Å². The largest absolute Gasteiger partial charge is 0.416 e. The molecule has 1 aromatic carbocycles. The van der Waals surface area contributed by atoms with Gasteiger partial charge in [-0.2, -0.15) is 18.3 Å². The molecule has 0 unspecified atom stereocenters. The summed E-state index contributed by atoms with van der Waals surface area (Å²) < 4.78 is 38.9. The van der Waals surface area contributed by atoms with E-state index in [2.05, 4.69) is 5.10 Å². The van der Waals surface area contributed by atoms with Gasteiger partial charge in [-0.1, -0.05) is 6.07 Å². The number of hydrogen-bond acceptors (Lipinski definition) is 2. The van der Waals surface area contributed by atoms with Crippen molar-refractivity contribution in [2.75, 3.05) is 0 Å². The fourth-order valence-electron chi connectivity index (χ4n) is 1.43. The van der Waals surface area contributed by atoms with Crippen LogP contribution in [0, 0.1) is 0 Å². The Balaban J connectivity index is 0.00000162. The van der Waals surface area contributed by atoms with E-state index in [1.165, 1.54) is 16.9 Å². The second-order valence-electron chi connectivity index (χ2n) is 3.55. The molecule has 2 aromatic rings. The van der Waals surface area contributed by atoms with Crippen LogP contribution in [0.5, 0.6) is 0 Å². The quantitative estimate of drug-likeness (QED) is 0.917. The van der Waals surface area contributed by atoms with E-state index in [4.69, 9.17) is 5.73 Å². The zero-order valence-corrected chi connectivity index (χ0v) is 10.0. The van der Waals surface area contributed by atoms with Gasteiger partial charge < -0.3 is 5.73 Å². The zero-order chi connectivity index (χ0) is 12.5. The summed E-state index contributed by atoms with van der Waals surface area (Å²) in [6.07, 6.45) is -1.21. The van der Waals surface area contributed by atoms with Crippen molar-refractivity contribution >= 4 is 12.4 Å². The Hall–Kier alpha value is -1.53. The molecule has 18 heavy (non-hydrogen) atoms. The average Bonchev–Trinajstić information content (AvgIpc) is 2.76. The maximum atomic E-state index is 12.5. The van der Waals surface area contributed by atoms with Crippen molar-refractivity contribution in [3.05, 3.63) is 47.8 Å². The lowest BCUT2D eigenvalue weighted by atomic mass is 10.2. The smallest absolute Gasteiger partial charge is 0.326 e. The Morgan fingerprint density at radius 2 is 2.00 bits per heavy atom. The zero-order valence-electron chi connectivity index (χ0n) is 9.19. The van der Waals surface area contributed by atoms with E-state index in [9.17, 15) is 13.2 Å². The van der Waals surface area contributed by atoms with Gasteiger partial charge in [0.25, 0.3) is 0 Å². The lowest BCUT2D eigenvalue weighted by Gasteiger charge is -2.08. The summed E-state index contributed by atoms with van der Waals surface area (Å²) in [5.74, 6) is 0. The minimum absolute atomic E-state index is 0. The van der Waals surface area contributed by atoms with Crippen LogP contribution >= 0.6 is 12.4 Å². The van der Waals surface area contributed by atoms with Crippen LogP contribution in [-0.2, 0) is 12.7 Å². The highest BCUT2D eigenvalue weighted by Gasteiger charge is 2.30. The Labute approximate surface area is 108 Å². The van der Waals surface area contributed by atoms with Crippen LogP contribution in [-0.4, -0.2) is 9.78 Å². The molecular formula is C11H11ClF3N3. The highest BCUT2D eigenvalue weighted by atomic mass is 35.5. The van der Waals surface area contributed by atoms with Gasteiger partial charge >= 0.3 is 6.18 Å². The van der Waals surface area contributed by atoms with E-state index in [0.29, 0.717) is 12.2 Å². The number of nitrogens with two attached hydrogens (primary N) is 1. The van der Waals surface area contributed by atoms with Crippen molar-refractivity contribution in [2.24, 2.45) is 5.73 Å². The predicted molar refractivity (Wildman–Crippen MR) is 63.7 cm³/mol. The maximum Gasteiger partial charge on any atom is 0.416 e. The van der Waals surface area contributed by atoms with Crippen LogP contribution in [0.2, 0.25) is 0 Å². The monoisotopic (exact) mass is 277 g/mol. The van der Waals surface area contributed by atoms with E-state index in [0.717, 1.165) is 17.7 Å². The molecule has 0 saturated heterocycles. The summed E-state index contributed by atoms with van der Waals surface area (Å²) >= 11 is 0. The molecule has 0 aliphatic heterocycles. The second-order valence-corrected chi connectivity index (χ2v) is 3.55. The first-order chi connectivity index (χ1) is 8.00. The summed E-state index contributed by atoms with van der Waals surface area (Å²) in [5, 5.41) is 3.95. The molecule has 0 fully saturated rings. The van der Waals surface area contributed by atoms with Crippen LogP contribution in [0.4, 0.5) is 13.2 Å². The molecule has 0 radical (unpaired) electrons. The molecule has 1 aromatic heterocycles. The van der Waals surface area contributed by atoms with Gasteiger partial charge in [-0.15, -0.1) is 12.4 Å². The van der Waals surface area contributed by atoms with Gasteiger partial charge in [-0.05, 0) is 18.2 Å².